The third-order valence-corrected chi connectivity index (χ3v) is 6.19. The Hall–Kier alpha value is -4.32. The number of fused-ring (bicyclic) bond motifs is 1. The SMILES string of the molecule is O=C(Nc1cc(-n2cncc2F)cc2c1C(c1cc(F)ccc1Cl)NC2=O)c1cc(F)cc(C(F)(F)F)c1. The van der Waals surface area contributed by atoms with Gasteiger partial charge < -0.3 is 10.6 Å². The summed E-state index contributed by atoms with van der Waals surface area (Å²) in [4.78, 5) is 29.6. The number of aromatic nitrogens is 2. The predicted molar refractivity (Wildman–Crippen MR) is 124 cm³/mol. The molecule has 194 valence electrons. The molecule has 1 aromatic heterocycles. The number of amides is 2. The second-order valence-corrected chi connectivity index (χ2v) is 8.70. The van der Waals surface area contributed by atoms with Gasteiger partial charge in [0.1, 0.15) is 18.0 Å². The Morgan fingerprint density at radius 2 is 1.79 bits per heavy atom. The zero-order valence-electron chi connectivity index (χ0n) is 18.7. The van der Waals surface area contributed by atoms with Gasteiger partial charge in [-0.1, -0.05) is 11.6 Å². The molecule has 2 N–H and O–H groups in total. The number of carbonyl (C=O) groups is 2. The molecular weight excluding hydrogens is 538 g/mol. The zero-order chi connectivity index (χ0) is 27.4. The Morgan fingerprint density at radius 1 is 1.03 bits per heavy atom. The molecule has 0 bridgehead atoms. The first-order valence-electron chi connectivity index (χ1n) is 10.7. The van der Waals surface area contributed by atoms with E-state index in [4.69, 9.17) is 11.6 Å². The van der Waals surface area contributed by atoms with E-state index < -0.39 is 52.7 Å². The van der Waals surface area contributed by atoms with Crippen LogP contribution in [0.2, 0.25) is 5.02 Å². The Morgan fingerprint density at radius 3 is 2.47 bits per heavy atom. The average molecular weight is 551 g/mol. The highest BCUT2D eigenvalue weighted by atomic mass is 35.5. The van der Waals surface area contributed by atoms with E-state index in [1.165, 1.54) is 18.2 Å². The maximum atomic E-state index is 14.3. The second-order valence-electron chi connectivity index (χ2n) is 8.29. The lowest BCUT2D eigenvalue weighted by Gasteiger charge is -2.19. The Balaban J connectivity index is 1.66. The highest BCUT2D eigenvalue weighted by Gasteiger charge is 2.36. The van der Waals surface area contributed by atoms with Crippen LogP contribution in [0, 0.1) is 17.6 Å². The highest BCUT2D eigenvalue weighted by molar-refractivity contribution is 6.31. The van der Waals surface area contributed by atoms with E-state index in [0.29, 0.717) is 12.1 Å². The summed E-state index contributed by atoms with van der Waals surface area (Å²) in [6.45, 7) is 0. The maximum Gasteiger partial charge on any atom is 0.416 e. The average Bonchev–Trinajstić information content (AvgIpc) is 3.42. The van der Waals surface area contributed by atoms with Gasteiger partial charge >= 0.3 is 6.18 Å². The molecule has 1 aliphatic rings. The van der Waals surface area contributed by atoms with Crippen molar-refractivity contribution < 1.29 is 35.9 Å². The van der Waals surface area contributed by atoms with E-state index in [9.17, 15) is 35.9 Å². The van der Waals surface area contributed by atoms with Crippen LogP contribution in [-0.4, -0.2) is 21.4 Å². The van der Waals surface area contributed by atoms with E-state index in [2.05, 4.69) is 15.6 Å². The highest BCUT2D eigenvalue weighted by Crippen LogP contribution is 2.41. The molecule has 0 saturated carbocycles. The fourth-order valence-electron chi connectivity index (χ4n) is 4.18. The van der Waals surface area contributed by atoms with E-state index in [0.717, 1.165) is 29.2 Å². The third-order valence-electron chi connectivity index (χ3n) is 5.85. The first-order valence-corrected chi connectivity index (χ1v) is 11.1. The van der Waals surface area contributed by atoms with E-state index in [1.54, 1.807) is 0 Å². The van der Waals surface area contributed by atoms with Crippen molar-refractivity contribution in [2.45, 2.75) is 12.2 Å². The van der Waals surface area contributed by atoms with Gasteiger partial charge in [0.2, 0.25) is 5.95 Å². The van der Waals surface area contributed by atoms with Crippen LogP contribution in [0.1, 0.15) is 43.4 Å². The monoisotopic (exact) mass is 550 g/mol. The number of alkyl halides is 3. The van der Waals surface area contributed by atoms with Crippen LogP contribution in [0.15, 0.2) is 61.1 Å². The molecule has 0 spiro atoms. The number of imidazole rings is 1. The van der Waals surface area contributed by atoms with Crippen molar-refractivity contribution >= 4 is 29.1 Å². The number of nitrogens with one attached hydrogen (secondary N) is 2. The van der Waals surface area contributed by atoms with E-state index in [-0.39, 0.29) is 39.2 Å². The standard InChI is InChI=1S/C25H13ClF6N4O2/c26-18-2-1-13(27)6-16(18)22-21-17(24(38)35-22)7-15(36-10-33-9-20(36)29)8-19(21)34-23(37)11-3-12(25(30,31)32)5-14(28)4-11/h1-10,22H,(H,34,37)(H,35,38). The zero-order valence-corrected chi connectivity index (χ0v) is 19.5. The number of halogens is 7. The summed E-state index contributed by atoms with van der Waals surface area (Å²) in [5, 5.41) is 5.07. The Bertz CT molecular complexity index is 1620. The van der Waals surface area contributed by atoms with Gasteiger partial charge in [0, 0.05) is 33.0 Å². The molecule has 0 radical (unpaired) electrons. The third kappa shape index (κ3) is 4.58. The molecule has 13 heteroatoms. The van der Waals surface area contributed by atoms with Crippen LogP contribution in [0.3, 0.4) is 0 Å². The van der Waals surface area contributed by atoms with E-state index >= 15 is 0 Å². The summed E-state index contributed by atoms with van der Waals surface area (Å²) >= 11 is 6.24. The number of nitrogens with zero attached hydrogens (tertiary/aromatic N) is 2. The Labute approximate surface area is 214 Å². The van der Waals surface area contributed by atoms with Crippen molar-refractivity contribution in [3.05, 3.63) is 111 Å². The van der Waals surface area contributed by atoms with Gasteiger partial charge in [0.15, 0.2) is 0 Å². The lowest BCUT2D eigenvalue weighted by atomic mass is 9.95. The quantitative estimate of drug-likeness (QED) is 0.304. The molecule has 1 atom stereocenters. The summed E-state index contributed by atoms with van der Waals surface area (Å²) in [6, 6.07) is 6.18. The van der Waals surface area contributed by atoms with E-state index in [1.807, 2.05) is 0 Å². The van der Waals surface area contributed by atoms with Gasteiger partial charge in [0.05, 0.1) is 23.5 Å². The van der Waals surface area contributed by atoms with Crippen molar-refractivity contribution in [1.82, 2.24) is 14.9 Å². The smallest absolute Gasteiger partial charge is 0.341 e. The maximum absolute atomic E-state index is 14.3. The fourth-order valence-corrected chi connectivity index (χ4v) is 4.40. The van der Waals surface area contributed by atoms with Crippen LogP contribution in [0.4, 0.5) is 32.0 Å². The number of hydrogen-bond acceptors (Lipinski definition) is 3. The van der Waals surface area contributed by atoms with Crippen LogP contribution >= 0.6 is 11.6 Å². The molecule has 5 rings (SSSR count). The number of carbonyl (C=O) groups excluding carboxylic acids is 2. The summed E-state index contributed by atoms with van der Waals surface area (Å²) in [7, 11) is 0. The molecule has 0 aliphatic carbocycles. The van der Waals surface area contributed by atoms with Crippen molar-refractivity contribution in [2.75, 3.05) is 5.32 Å². The van der Waals surface area contributed by atoms with Crippen LogP contribution < -0.4 is 10.6 Å². The van der Waals surface area contributed by atoms with Crippen molar-refractivity contribution in [3.8, 4) is 5.69 Å². The fraction of sp³-hybridized carbons (Fsp3) is 0.0800. The van der Waals surface area contributed by atoms with Crippen molar-refractivity contribution in [1.29, 1.82) is 0 Å². The van der Waals surface area contributed by atoms with Crippen LogP contribution in [0.5, 0.6) is 0 Å². The number of rotatable bonds is 4. The van der Waals surface area contributed by atoms with Gasteiger partial charge in [-0.25, -0.2) is 13.8 Å². The molecule has 6 nitrogen and oxygen atoms in total. The lowest BCUT2D eigenvalue weighted by molar-refractivity contribution is -0.137. The molecule has 1 aliphatic heterocycles. The molecule has 0 fully saturated rings. The lowest BCUT2D eigenvalue weighted by Crippen LogP contribution is -2.21. The first kappa shape index (κ1) is 25.3. The normalized spacial score (nSPS) is 14.8. The molecule has 2 amide bonds. The second kappa shape index (κ2) is 9.21. The number of benzene rings is 3. The van der Waals surface area contributed by atoms with Gasteiger partial charge in [-0.05, 0) is 48.5 Å². The molecule has 3 aromatic carbocycles. The minimum Gasteiger partial charge on any atom is -0.341 e. The van der Waals surface area contributed by atoms with Gasteiger partial charge in [-0.15, -0.1) is 0 Å². The van der Waals surface area contributed by atoms with Crippen LogP contribution in [-0.2, 0) is 6.18 Å². The summed E-state index contributed by atoms with van der Waals surface area (Å²) in [6.07, 6.45) is -2.93. The van der Waals surface area contributed by atoms with Crippen LogP contribution in [0.25, 0.3) is 5.69 Å². The van der Waals surface area contributed by atoms with Crippen molar-refractivity contribution in [3.63, 3.8) is 0 Å². The summed E-state index contributed by atoms with van der Waals surface area (Å²) in [5.41, 5.74) is -1.99. The number of hydrogen-bond donors (Lipinski definition) is 2. The molecular formula is C25H13ClF6N4O2. The minimum atomic E-state index is -4.92. The summed E-state index contributed by atoms with van der Waals surface area (Å²) < 4.78 is 82.8. The first-order chi connectivity index (χ1) is 17.9. The molecule has 38 heavy (non-hydrogen) atoms. The largest absolute Gasteiger partial charge is 0.416 e. The molecule has 1 unspecified atom stereocenters. The molecule has 2 heterocycles. The van der Waals surface area contributed by atoms with Gasteiger partial charge in [0.25, 0.3) is 11.8 Å². The molecule has 0 saturated heterocycles. The van der Waals surface area contributed by atoms with Crippen molar-refractivity contribution in [2.24, 2.45) is 0 Å². The minimum absolute atomic E-state index is 0.0328. The predicted octanol–water partition coefficient (Wildman–Crippen LogP) is 6.05. The number of anilines is 1. The topological polar surface area (TPSA) is 76.0 Å². The molecule has 4 aromatic rings. The Kier molecular flexibility index (Phi) is 6.14. The van der Waals surface area contributed by atoms with Gasteiger partial charge in [-0.2, -0.15) is 17.6 Å². The van der Waals surface area contributed by atoms with Gasteiger partial charge in [-0.3, -0.25) is 14.2 Å². The summed E-state index contributed by atoms with van der Waals surface area (Å²) in [5.74, 6) is -4.61.